The molecule has 2 rings (SSSR count). The average Bonchev–Trinajstić information content (AvgIpc) is 2.17. The van der Waals surface area contributed by atoms with Crippen molar-refractivity contribution in [3.63, 3.8) is 0 Å². The number of aryl methyl sites for hydroxylation is 1. The van der Waals surface area contributed by atoms with Gasteiger partial charge in [0.05, 0.1) is 0 Å². The Bertz CT molecular complexity index is 349. The molecule has 0 saturated carbocycles. The molecular formula is C11H10Cl2. The molecule has 0 bridgehead atoms. The predicted octanol–water partition coefficient (Wildman–Crippen LogP) is 4.17. The van der Waals surface area contributed by atoms with Crippen molar-refractivity contribution in [1.82, 2.24) is 0 Å². The van der Waals surface area contributed by atoms with Crippen LogP contribution >= 0.6 is 23.2 Å². The van der Waals surface area contributed by atoms with Gasteiger partial charge >= 0.3 is 0 Å². The fraction of sp³-hybridized carbons (Fsp3) is 0.273. The van der Waals surface area contributed by atoms with Gasteiger partial charge in [-0.2, -0.15) is 0 Å². The molecule has 0 unspecified atom stereocenters. The maximum atomic E-state index is 5.83. The van der Waals surface area contributed by atoms with E-state index in [1.807, 2.05) is 6.07 Å². The number of halogens is 2. The van der Waals surface area contributed by atoms with Crippen LogP contribution in [0.25, 0.3) is 5.57 Å². The van der Waals surface area contributed by atoms with Crippen LogP contribution in [0.4, 0.5) is 0 Å². The molecule has 0 radical (unpaired) electrons. The zero-order valence-electron chi connectivity index (χ0n) is 7.19. The molecule has 0 fully saturated rings. The topological polar surface area (TPSA) is 0 Å². The number of benzene rings is 1. The van der Waals surface area contributed by atoms with Crippen LogP contribution in [0.5, 0.6) is 0 Å². The van der Waals surface area contributed by atoms with E-state index in [2.05, 4.69) is 18.2 Å². The van der Waals surface area contributed by atoms with Gasteiger partial charge in [0, 0.05) is 0 Å². The van der Waals surface area contributed by atoms with Gasteiger partial charge < -0.3 is 0 Å². The van der Waals surface area contributed by atoms with Crippen molar-refractivity contribution in [3.8, 4) is 0 Å². The fourth-order valence-corrected chi connectivity index (χ4v) is 2.21. The van der Waals surface area contributed by atoms with Crippen LogP contribution < -0.4 is 0 Å². The fourth-order valence-electron chi connectivity index (χ4n) is 1.82. The van der Waals surface area contributed by atoms with E-state index in [-0.39, 0.29) is 0 Å². The number of hydrogen-bond donors (Lipinski definition) is 0. The molecule has 0 atom stereocenters. The molecule has 68 valence electrons. The summed E-state index contributed by atoms with van der Waals surface area (Å²) in [5, 5.41) is 0. The molecule has 2 heteroatoms. The summed E-state index contributed by atoms with van der Waals surface area (Å²) in [6, 6.07) is 8.32. The Kier molecular flexibility index (Phi) is 2.61. The molecule has 0 aromatic heterocycles. The van der Waals surface area contributed by atoms with E-state index < -0.39 is 0 Å². The first-order chi connectivity index (χ1) is 6.29. The Balaban J connectivity index is 2.55. The minimum atomic E-state index is 0.423. The van der Waals surface area contributed by atoms with E-state index in [0.717, 1.165) is 24.8 Å². The van der Waals surface area contributed by atoms with E-state index in [9.17, 15) is 0 Å². The number of hydrogen-bond acceptors (Lipinski definition) is 0. The highest BCUT2D eigenvalue weighted by atomic mass is 35.5. The number of fused-ring (bicyclic) bond motifs is 1. The lowest BCUT2D eigenvalue weighted by molar-refractivity contribution is 0.822. The molecule has 0 aliphatic heterocycles. The molecule has 1 aliphatic rings. The van der Waals surface area contributed by atoms with Crippen molar-refractivity contribution in [2.45, 2.75) is 19.3 Å². The van der Waals surface area contributed by atoms with Crippen LogP contribution in [0.1, 0.15) is 24.0 Å². The van der Waals surface area contributed by atoms with E-state index in [1.165, 1.54) is 11.1 Å². The van der Waals surface area contributed by atoms with E-state index in [4.69, 9.17) is 23.2 Å². The summed E-state index contributed by atoms with van der Waals surface area (Å²) in [5.41, 5.74) is 3.70. The maximum Gasteiger partial charge on any atom is 0.110 e. The van der Waals surface area contributed by atoms with Gasteiger partial charge in [-0.3, -0.25) is 0 Å². The third-order valence-electron chi connectivity index (χ3n) is 2.44. The third kappa shape index (κ3) is 1.74. The Labute approximate surface area is 88.2 Å². The Hall–Kier alpha value is -0.460. The molecule has 1 aromatic carbocycles. The Morgan fingerprint density at radius 2 is 1.85 bits per heavy atom. The summed E-state index contributed by atoms with van der Waals surface area (Å²) < 4.78 is 0.423. The largest absolute Gasteiger partial charge is 0.110 e. The first-order valence-corrected chi connectivity index (χ1v) is 5.17. The van der Waals surface area contributed by atoms with Crippen LogP contribution in [0.2, 0.25) is 0 Å². The average molecular weight is 213 g/mol. The first kappa shape index (κ1) is 9.11. The van der Waals surface area contributed by atoms with Gasteiger partial charge in [-0.25, -0.2) is 0 Å². The molecule has 13 heavy (non-hydrogen) atoms. The molecule has 1 aromatic rings. The molecular weight excluding hydrogens is 203 g/mol. The molecule has 0 saturated heterocycles. The minimum Gasteiger partial charge on any atom is -0.0706 e. The van der Waals surface area contributed by atoms with Crippen LogP contribution in [0.3, 0.4) is 0 Å². The van der Waals surface area contributed by atoms with Gasteiger partial charge in [0.15, 0.2) is 0 Å². The van der Waals surface area contributed by atoms with Crippen LogP contribution in [0.15, 0.2) is 28.8 Å². The monoisotopic (exact) mass is 212 g/mol. The Morgan fingerprint density at radius 3 is 2.62 bits per heavy atom. The first-order valence-electron chi connectivity index (χ1n) is 4.41. The van der Waals surface area contributed by atoms with Crippen LogP contribution in [-0.4, -0.2) is 0 Å². The summed E-state index contributed by atoms with van der Waals surface area (Å²) in [4.78, 5) is 0. The SMILES string of the molecule is ClC(Cl)=C1CCCc2ccccc21. The summed E-state index contributed by atoms with van der Waals surface area (Å²) >= 11 is 11.7. The maximum absolute atomic E-state index is 5.83. The van der Waals surface area contributed by atoms with Crippen LogP contribution in [0, 0.1) is 0 Å². The van der Waals surface area contributed by atoms with Crippen molar-refractivity contribution < 1.29 is 0 Å². The number of allylic oxidation sites excluding steroid dienone is 1. The summed E-state index contributed by atoms with van der Waals surface area (Å²) in [7, 11) is 0. The summed E-state index contributed by atoms with van der Waals surface area (Å²) in [5.74, 6) is 0. The van der Waals surface area contributed by atoms with Crippen molar-refractivity contribution in [2.75, 3.05) is 0 Å². The second kappa shape index (κ2) is 3.73. The van der Waals surface area contributed by atoms with Gasteiger partial charge in [0.1, 0.15) is 4.49 Å². The van der Waals surface area contributed by atoms with Gasteiger partial charge in [0.25, 0.3) is 0 Å². The molecule has 0 spiro atoms. The normalized spacial score (nSPS) is 15.4. The summed E-state index contributed by atoms with van der Waals surface area (Å²) in [6.07, 6.45) is 3.29. The third-order valence-corrected chi connectivity index (χ3v) is 2.90. The van der Waals surface area contributed by atoms with Crippen molar-refractivity contribution in [2.24, 2.45) is 0 Å². The standard InChI is InChI=1S/C11H10Cl2/c12-11(13)10-7-3-5-8-4-1-2-6-9(8)10/h1-2,4,6H,3,5,7H2. The second-order valence-corrected chi connectivity index (χ2v) is 4.20. The van der Waals surface area contributed by atoms with Crippen molar-refractivity contribution in [3.05, 3.63) is 39.9 Å². The second-order valence-electron chi connectivity index (χ2n) is 3.25. The lowest BCUT2D eigenvalue weighted by Crippen LogP contribution is -2.01. The predicted molar refractivity (Wildman–Crippen MR) is 58.0 cm³/mol. The van der Waals surface area contributed by atoms with Crippen molar-refractivity contribution in [1.29, 1.82) is 0 Å². The lowest BCUT2D eigenvalue weighted by atomic mass is 9.88. The molecule has 1 aliphatic carbocycles. The van der Waals surface area contributed by atoms with E-state index in [0.29, 0.717) is 4.49 Å². The molecule has 0 heterocycles. The molecule has 0 amide bonds. The van der Waals surface area contributed by atoms with Gasteiger partial charge in [-0.15, -0.1) is 0 Å². The summed E-state index contributed by atoms with van der Waals surface area (Å²) in [6.45, 7) is 0. The van der Waals surface area contributed by atoms with Crippen molar-refractivity contribution >= 4 is 28.8 Å². The lowest BCUT2D eigenvalue weighted by Gasteiger charge is -2.18. The minimum absolute atomic E-state index is 0.423. The van der Waals surface area contributed by atoms with E-state index >= 15 is 0 Å². The smallest absolute Gasteiger partial charge is 0.0706 e. The highest BCUT2D eigenvalue weighted by Crippen LogP contribution is 2.35. The molecule has 0 N–H and O–H groups in total. The quantitative estimate of drug-likeness (QED) is 0.606. The van der Waals surface area contributed by atoms with Gasteiger partial charge in [0.2, 0.25) is 0 Å². The highest BCUT2D eigenvalue weighted by molar-refractivity contribution is 6.58. The zero-order valence-corrected chi connectivity index (χ0v) is 8.70. The number of rotatable bonds is 0. The Morgan fingerprint density at radius 1 is 1.08 bits per heavy atom. The molecule has 0 nitrogen and oxygen atoms in total. The van der Waals surface area contributed by atoms with Gasteiger partial charge in [-0.05, 0) is 36.0 Å². The van der Waals surface area contributed by atoms with Crippen LogP contribution in [-0.2, 0) is 6.42 Å². The zero-order chi connectivity index (χ0) is 9.26. The van der Waals surface area contributed by atoms with E-state index in [1.54, 1.807) is 0 Å². The highest BCUT2D eigenvalue weighted by Gasteiger charge is 2.15. The van der Waals surface area contributed by atoms with Gasteiger partial charge in [-0.1, -0.05) is 47.5 Å².